The van der Waals surface area contributed by atoms with Gasteiger partial charge >= 0.3 is 0 Å². The van der Waals surface area contributed by atoms with Crippen molar-refractivity contribution in [2.45, 2.75) is 63.5 Å². The van der Waals surface area contributed by atoms with Gasteiger partial charge in [0.05, 0.1) is 3.79 Å². The van der Waals surface area contributed by atoms with Gasteiger partial charge < -0.3 is 5.32 Å². The quantitative estimate of drug-likeness (QED) is 0.801. The second-order valence-corrected chi connectivity index (χ2v) is 9.19. The smallest absolute Gasteiger partial charge is 0.0701 e. The van der Waals surface area contributed by atoms with Crippen molar-refractivity contribution in [1.82, 2.24) is 10.2 Å². The highest BCUT2D eigenvalue weighted by Gasteiger charge is 2.37. The average molecular weight is 371 g/mol. The second kappa shape index (κ2) is 7.58. The van der Waals surface area contributed by atoms with Crippen molar-refractivity contribution >= 4 is 27.3 Å². The lowest BCUT2D eigenvalue weighted by molar-refractivity contribution is 0.0333. The van der Waals surface area contributed by atoms with Gasteiger partial charge in [-0.3, -0.25) is 4.90 Å². The molecule has 118 valence electrons. The minimum Gasteiger partial charge on any atom is -0.310 e. The maximum atomic E-state index is 3.77. The van der Waals surface area contributed by atoms with Crippen LogP contribution in [0.15, 0.2) is 15.9 Å². The fraction of sp³-hybridized carbons (Fsp3) is 0.765. The Hall–Kier alpha value is 0.1000. The van der Waals surface area contributed by atoms with Gasteiger partial charge in [0, 0.05) is 23.5 Å². The first kappa shape index (κ1) is 16.0. The van der Waals surface area contributed by atoms with E-state index in [1.807, 2.05) is 11.3 Å². The van der Waals surface area contributed by atoms with E-state index in [4.69, 9.17) is 0 Å². The average Bonchev–Trinajstić information content (AvgIpc) is 2.95. The Morgan fingerprint density at radius 1 is 1.05 bits per heavy atom. The van der Waals surface area contributed by atoms with Crippen LogP contribution in [0.1, 0.15) is 56.2 Å². The fourth-order valence-electron chi connectivity index (χ4n) is 4.05. The molecule has 2 fully saturated rings. The molecule has 1 saturated carbocycles. The Kier molecular flexibility index (Phi) is 5.77. The molecule has 0 spiro atoms. The molecular formula is C17H27BrN2S. The van der Waals surface area contributed by atoms with E-state index in [9.17, 15) is 0 Å². The molecule has 1 aliphatic carbocycles. The molecule has 0 atom stereocenters. The van der Waals surface area contributed by atoms with Crippen molar-refractivity contribution in [2.75, 3.05) is 19.6 Å². The zero-order chi connectivity index (χ0) is 14.5. The first-order chi connectivity index (χ1) is 10.3. The molecule has 2 aliphatic rings. The Morgan fingerprint density at radius 3 is 2.43 bits per heavy atom. The molecule has 0 radical (unpaired) electrons. The van der Waals surface area contributed by atoms with Crippen molar-refractivity contribution in [2.24, 2.45) is 0 Å². The Balaban J connectivity index is 1.59. The van der Waals surface area contributed by atoms with Crippen LogP contribution in [0.5, 0.6) is 0 Å². The maximum Gasteiger partial charge on any atom is 0.0701 e. The van der Waals surface area contributed by atoms with Gasteiger partial charge in [0.25, 0.3) is 0 Å². The van der Waals surface area contributed by atoms with E-state index in [1.165, 1.54) is 79.7 Å². The number of piperidine rings is 1. The topological polar surface area (TPSA) is 15.3 Å². The molecule has 1 N–H and O–H groups in total. The lowest BCUT2D eigenvalue weighted by Gasteiger charge is -2.48. The SMILES string of the molecule is Brc1ccc(CNCC2(N3CCCCC3)CCCCC2)s1. The van der Waals surface area contributed by atoms with E-state index in [-0.39, 0.29) is 0 Å². The van der Waals surface area contributed by atoms with Gasteiger partial charge in [0.2, 0.25) is 0 Å². The number of nitrogens with zero attached hydrogens (tertiary/aromatic N) is 1. The monoisotopic (exact) mass is 370 g/mol. The number of nitrogens with one attached hydrogen (secondary N) is 1. The van der Waals surface area contributed by atoms with Gasteiger partial charge in [-0.15, -0.1) is 11.3 Å². The lowest BCUT2D eigenvalue weighted by Crippen LogP contribution is -2.57. The largest absolute Gasteiger partial charge is 0.310 e. The molecule has 1 aromatic rings. The number of likely N-dealkylation sites (tertiary alicyclic amines) is 1. The van der Waals surface area contributed by atoms with E-state index in [1.54, 1.807) is 0 Å². The number of hydrogen-bond acceptors (Lipinski definition) is 3. The molecule has 0 bridgehead atoms. The van der Waals surface area contributed by atoms with Gasteiger partial charge in [0.15, 0.2) is 0 Å². The Morgan fingerprint density at radius 2 is 1.76 bits per heavy atom. The van der Waals surface area contributed by atoms with Crippen LogP contribution in [0.4, 0.5) is 0 Å². The molecular weight excluding hydrogens is 344 g/mol. The highest BCUT2D eigenvalue weighted by atomic mass is 79.9. The molecule has 0 unspecified atom stereocenters. The van der Waals surface area contributed by atoms with Crippen molar-refractivity contribution in [3.8, 4) is 0 Å². The molecule has 0 amide bonds. The highest BCUT2D eigenvalue weighted by molar-refractivity contribution is 9.11. The first-order valence-corrected chi connectivity index (χ1v) is 10.1. The molecule has 1 aliphatic heterocycles. The van der Waals surface area contributed by atoms with Crippen LogP contribution in [0.2, 0.25) is 0 Å². The van der Waals surface area contributed by atoms with Crippen LogP contribution in [-0.2, 0) is 6.54 Å². The van der Waals surface area contributed by atoms with Crippen LogP contribution in [-0.4, -0.2) is 30.1 Å². The Bertz CT molecular complexity index is 434. The molecule has 1 aromatic heterocycles. The van der Waals surface area contributed by atoms with Crippen molar-refractivity contribution in [1.29, 1.82) is 0 Å². The van der Waals surface area contributed by atoms with Crippen LogP contribution in [0, 0.1) is 0 Å². The number of hydrogen-bond donors (Lipinski definition) is 1. The third kappa shape index (κ3) is 4.10. The normalized spacial score (nSPS) is 23.3. The summed E-state index contributed by atoms with van der Waals surface area (Å²) in [6, 6.07) is 4.39. The molecule has 4 heteroatoms. The van der Waals surface area contributed by atoms with Gasteiger partial charge in [-0.1, -0.05) is 25.7 Å². The molecule has 21 heavy (non-hydrogen) atoms. The summed E-state index contributed by atoms with van der Waals surface area (Å²) in [6.45, 7) is 4.84. The summed E-state index contributed by atoms with van der Waals surface area (Å²) in [7, 11) is 0. The Labute approximate surface area is 141 Å². The zero-order valence-corrected chi connectivity index (χ0v) is 15.3. The number of halogens is 1. The predicted molar refractivity (Wildman–Crippen MR) is 95.0 cm³/mol. The maximum absolute atomic E-state index is 3.77. The van der Waals surface area contributed by atoms with E-state index >= 15 is 0 Å². The van der Waals surface area contributed by atoms with E-state index < -0.39 is 0 Å². The van der Waals surface area contributed by atoms with Crippen molar-refractivity contribution in [3.63, 3.8) is 0 Å². The van der Waals surface area contributed by atoms with Crippen LogP contribution < -0.4 is 5.32 Å². The van der Waals surface area contributed by atoms with Gasteiger partial charge in [-0.25, -0.2) is 0 Å². The summed E-state index contributed by atoms with van der Waals surface area (Å²) in [4.78, 5) is 4.26. The van der Waals surface area contributed by atoms with Crippen LogP contribution in [0.3, 0.4) is 0 Å². The number of thiophene rings is 1. The predicted octanol–water partition coefficient (Wildman–Crippen LogP) is 4.79. The highest BCUT2D eigenvalue weighted by Crippen LogP contribution is 2.35. The summed E-state index contributed by atoms with van der Waals surface area (Å²) >= 11 is 5.41. The van der Waals surface area contributed by atoms with E-state index in [0.717, 1.165) is 6.54 Å². The standard InChI is InChI=1S/C17H27BrN2S/c18-16-8-7-15(21-16)13-19-14-17(9-3-1-4-10-17)20-11-5-2-6-12-20/h7-8,19H,1-6,9-14H2. The van der Waals surface area contributed by atoms with E-state index in [2.05, 4.69) is 38.3 Å². The van der Waals surface area contributed by atoms with Crippen molar-refractivity contribution < 1.29 is 0 Å². The third-order valence-corrected chi connectivity index (χ3v) is 6.82. The first-order valence-electron chi connectivity index (χ1n) is 8.49. The van der Waals surface area contributed by atoms with Gasteiger partial charge in [-0.05, 0) is 66.8 Å². The van der Waals surface area contributed by atoms with Crippen LogP contribution in [0.25, 0.3) is 0 Å². The minimum atomic E-state index is 0.452. The summed E-state index contributed by atoms with van der Waals surface area (Å²) in [5.41, 5.74) is 0.452. The molecule has 1 saturated heterocycles. The fourth-order valence-corrected chi connectivity index (χ4v) is 5.50. The third-order valence-electron chi connectivity index (χ3n) is 5.19. The summed E-state index contributed by atoms with van der Waals surface area (Å²) in [5.74, 6) is 0. The molecule has 0 aromatic carbocycles. The van der Waals surface area contributed by atoms with E-state index in [0.29, 0.717) is 5.54 Å². The summed E-state index contributed by atoms with van der Waals surface area (Å²) in [6.07, 6.45) is 11.3. The lowest BCUT2D eigenvalue weighted by atomic mass is 9.79. The molecule has 3 rings (SSSR count). The number of rotatable bonds is 5. The van der Waals surface area contributed by atoms with Crippen LogP contribution >= 0.6 is 27.3 Å². The zero-order valence-electron chi connectivity index (χ0n) is 12.9. The second-order valence-electron chi connectivity index (χ2n) is 6.64. The molecule has 2 nitrogen and oxygen atoms in total. The minimum absolute atomic E-state index is 0.452. The summed E-state index contributed by atoms with van der Waals surface area (Å²) in [5, 5.41) is 3.77. The van der Waals surface area contributed by atoms with Gasteiger partial charge in [-0.2, -0.15) is 0 Å². The molecule has 2 heterocycles. The summed E-state index contributed by atoms with van der Waals surface area (Å²) < 4.78 is 1.24. The van der Waals surface area contributed by atoms with Crippen molar-refractivity contribution in [3.05, 3.63) is 20.8 Å². The van der Waals surface area contributed by atoms with Gasteiger partial charge in [0.1, 0.15) is 0 Å².